The van der Waals surface area contributed by atoms with Crippen LogP contribution in [0.1, 0.15) is 0 Å². The zero-order valence-corrected chi connectivity index (χ0v) is 2.95. The minimum Gasteiger partial charge on any atom is -0.412 e. The van der Waals surface area contributed by atoms with Gasteiger partial charge in [0, 0.05) is 0 Å². The highest BCUT2D eigenvalue weighted by Gasteiger charge is -0.264. The minimum atomic E-state index is 0. The van der Waals surface area contributed by atoms with Crippen LogP contribution in [0.25, 0.3) is 0 Å². The Balaban J connectivity index is 0. The molecule has 7 heteroatoms. The van der Waals surface area contributed by atoms with Crippen molar-refractivity contribution in [2.45, 2.75) is 0 Å². The molecular formula is H8F6O. The first kappa shape index (κ1) is 949. The summed E-state index contributed by atoms with van der Waals surface area (Å²) in [7, 11) is 0. The van der Waals surface area contributed by atoms with Gasteiger partial charge < -0.3 is 5.48 Å². The fourth-order valence-corrected chi connectivity index (χ4v) is 0. The maximum Gasteiger partial charge on any atom is -0.269 e. The number of rotatable bonds is 0. The number of hydrogen-bond acceptors (Lipinski definition) is 0. The summed E-state index contributed by atoms with van der Waals surface area (Å²) in [6, 6.07) is 0. The normalized spacial score (nSPS) is 0. The third kappa shape index (κ3) is 328. The Kier molecular flexibility index (Phi) is 73100. The Morgan fingerprint density at radius 2 is 0.286 bits per heavy atom. The lowest BCUT2D eigenvalue weighted by Crippen LogP contribution is -0.289. The highest BCUT2D eigenvalue weighted by atomic mass is 19.0. The lowest BCUT2D eigenvalue weighted by Gasteiger charge is -0.412. The largest absolute Gasteiger partial charge is 0.412 e. The molecule has 0 heterocycles. The van der Waals surface area contributed by atoms with Crippen molar-refractivity contribution < 1.29 is 33.7 Å². The van der Waals surface area contributed by atoms with E-state index in [1.54, 1.807) is 0 Å². The first-order valence-electron chi connectivity index (χ1n) is 0. The summed E-state index contributed by atoms with van der Waals surface area (Å²) >= 11 is 0. The van der Waals surface area contributed by atoms with E-state index in [1.807, 2.05) is 0 Å². The van der Waals surface area contributed by atoms with Crippen molar-refractivity contribution >= 4 is 0 Å². The minimum absolute atomic E-state index is 0. The van der Waals surface area contributed by atoms with Gasteiger partial charge in [-0.15, -0.1) is 0 Å². The molecule has 0 bridgehead atoms. The van der Waals surface area contributed by atoms with E-state index in [0.29, 0.717) is 0 Å². The monoisotopic (exact) mass is 138 g/mol. The zero-order valence-electron chi connectivity index (χ0n) is 2.95. The van der Waals surface area contributed by atoms with Gasteiger partial charge in [-0.25, -0.2) is 0 Å². The SMILES string of the molecule is F.F.F.F.F.F.O. The lowest BCUT2D eigenvalue weighted by atomic mass is 16.0. The van der Waals surface area contributed by atoms with Crippen LogP contribution in [0.4, 0.5) is 28.2 Å². The second-order valence-electron chi connectivity index (χ2n) is 0. The summed E-state index contributed by atoms with van der Waals surface area (Å²) in [6.45, 7) is 0. The van der Waals surface area contributed by atoms with Crippen LogP contribution in [0, 0.1) is 0 Å². The van der Waals surface area contributed by atoms with Crippen LogP contribution >= 0.6 is 0 Å². The molecule has 0 unspecified atom stereocenters. The molecule has 7 heavy (non-hydrogen) atoms. The molecule has 0 aromatic rings. The van der Waals surface area contributed by atoms with Crippen LogP contribution in [0.3, 0.4) is 0 Å². The quantitative estimate of drug-likeness (QED) is 0.425. The smallest absolute Gasteiger partial charge is 0.269 e. The van der Waals surface area contributed by atoms with Gasteiger partial charge in [-0.3, -0.25) is 28.2 Å². The van der Waals surface area contributed by atoms with Crippen LogP contribution in [-0.2, 0) is 0 Å². The van der Waals surface area contributed by atoms with E-state index in [1.165, 1.54) is 0 Å². The molecule has 0 aliphatic heterocycles. The average Bonchev–Trinajstić information content (AvgIpc) is 0. The number of halogens is 6. The standard InChI is InChI=1S/6FH.H2O/h6*1H;1H2. The van der Waals surface area contributed by atoms with Crippen LogP contribution in [-0.4, -0.2) is 5.48 Å². The molecule has 56 valence electrons. The molecule has 0 aromatic heterocycles. The van der Waals surface area contributed by atoms with E-state index in [4.69, 9.17) is 0 Å². The van der Waals surface area contributed by atoms with Crippen LogP contribution < -0.4 is 0 Å². The predicted octanol–water partition coefficient (Wildman–Crippen LogP) is 0.0903. The molecule has 0 spiro atoms. The van der Waals surface area contributed by atoms with Gasteiger partial charge in [0.15, 0.2) is 0 Å². The van der Waals surface area contributed by atoms with Gasteiger partial charge in [-0.2, -0.15) is 0 Å². The van der Waals surface area contributed by atoms with Gasteiger partial charge in [0.2, 0.25) is 0 Å². The fraction of sp³-hybridized carbons (Fsp3) is 0. The van der Waals surface area contributed by atoms with E-state index in [2.05, 4.69) is 0 Å². The Bertz CT molecular complexity index is 4.14. The van der Waals surface area contributed by atoms with Gasteiger partial charge >= 0.3 is 0 Å². The molecule has 0 fully saturated rings. The molecule has 0 amide bonds. The molecule has 1 nitrogen and oxygen atoms in total. The van der Waals surface area contributed by atoms with Gasteiger partial charge in [0.25, 0.3) is 0 Å². The highest BCUT2D eigenvalue weighted by molar-refractivity contribution is 1.11. The molecule has 0 saturated heterocycles. The molecule has 0 rings (SSSR count). The Hall–Kier alpha value is -0.460. The van der Waals surface area contributed by atoms with Crippen molar-refractivity contribution in [2.24, 2.45) is 0 Å². The third-order valence-electron chi connectivity index (χ3n) is 0. The maximum absolute atomic E-state index is 0. The maximum atomic E-state index is 0. The molecule has 0 radical (unpaired) electrons. The summed E-state index contributed by atoms with van der Waals surface area (Å²) in [4.78, 5) is 0. The van der Waals surface area contributed by atoms with Crippen molar-refractivity contribution in [3.8, 4) is 0 Å². The highest BCUT2D eigenvalue weighted by Crippen LogP contribution is 0.425. The topological polar surface area (TPSA) is 31.5 Å². The Morgan fingerprint density at radius 3 is 0.286 bits per heavy atom. The van der Waals surface area contributed by atoms with Crippen molar-refractivity contribution in [3.05, 3.63) is 0 Å². The summed E-state index contributed by atoms with van der Waals surface area (Å²) in [5.74, 6) is 0. The van der Waals surface area contributed by atoms with Gasteiger partial charge in [0.05, 0.1) is 0 Å². The molecule has 0 saturated carbocycles. The molecule has 0 aromatic carbocycles. The van der Waals surface area contributed by atoms with E-state index in [9.17, 15) is 0 Å². The lowest BCUT2D eigenvalue weighted by molar-refractivity contribution is 0.824. The molecule has 0 atom stereocenters. The summed E-state index contributed by atoms with van der Waals surface area (Å²) in [6.07, 6.45) is 0. The second-order valence-corrected chi connectivity index (χ2v) is 0. The van der Waals surface area contributed by atoms with Gasteiger partial charge in [-0.1, -0.05) is 0 Å². The van der Waals surface area contributed by atoms with Crippen LogP contribution in [0.15, 0.2) is 0 Å². The fourth-order valence-electron chi connectivity index (χ4n) is 0. The summed E-state index contributed by atoms with van der Waals surface area (Å²) in [5, 5.41) is 0. The second kappa shape index (κ2) is 540. The summed E-state index contributed by atoms with van der Waals surface area (Å²) < 4.78 is 0. The molecular weight excluding hydrogens is 130 g/mol. The zero-order chi connectivity index (χ0) is 0. The van der Waals surface area contributed by atoms with E-state index < -0.39 is 0 Å². The van der Waals surface area contributed by atoms with Gasteiger partial charge in [0.1, 0.15) is 0 Å². The van der Waals surface area contributed by atoms with Crippen molar-refractivity contribution in [2.75, 3.05) is 0 Å². The third-order valence-corrected chi connectivity index (χ3v) is 0. The first-order chi connectivity index (χ1) is 0. The molecule has 0 aliphatic carbocycles. The van der Waals surface area contributed by atoms with Crippen molar-refractivity contribution in [3.63, 3.8) is 0 Å². The van der Waals surface area contributed by atoms with Gasteiger partial charge in [-0.05, 0) is 0 Å². The average molecular weight is 138 g/mol. The first-order valence-corrected chi connectivity index (χ1v) is 0. The van der Waals surface area contributed by atoms with Crippen molar-refractivity contribution in [1.82, 2.24) is 0 Å². The Labute approximate surface area is 35.2 Å². The number of hydrogen-bond donors (Lipinski definition) is 0. The van der Waals surface area contributed by atoms with Crippen LogP contribution in [0.2, 0.25) is 0 Å². The van der Waals surface area contributed by atoms with E-state index >= 15 is 0 Å². The van der Waals surface area contributed by atoms with Crippen LogP contribution in [0.5, 0.6) is 0 Å². The van der Waals surface area contributed by atoms with E-state index in [-0.39, 0.29) is 33.7 Å². The molecule has 0 aliphatic rings. The predicted molar refractivity (Wildman–Crippen MR) is 18.6 cm³/mol. The van der Waals surface area contributed by atoms with Crippen molar-refractivity contribution in [1.29, 1.82) is 0 Å². The van der Waals surface area contributed by atoms with E-state index in [0.717, 1.165) is 0 Å². The molecule has 2 N–H and O–H groups in total. The Morgan fingerprint density at radius 1 is 0.286 bits per heavy atom. The summed E-state index contributed by atoms with van der Waals surface area (Å²) in [5.41, 5.74) is 0.